The molecule has 1 aromatic carbocycles. The molecule has 2 aromatic rings. The van der Waals surface area contributed by atoms with Gasteiger partial charge in [-0.1, -0.05) is 17.7 Å². The van der Waals surface area contributed by atoms with Crippen molar-refractivity contribution in [1.29, 1.82) is 0 Å². The minimum Gasteiger partial charge on any atom is -0.493 e. The van der Waals surface area contributed by atoms with Crippen molar-refractivity contribution in [1.82, 2.24) is 10.3 Å². The summed E-state index contributed by atoms with van der Waals surface area (Å²) in [6, 6.07) is 6.74. The van der Waals surface area contributed by atoms with Gasteiger partial charge in [0.15, 0.2) is 11.5 Å². The normalized spacial score (nSPS) is 11.7. The number of rotatable bonds is 6. The topological polar surface area (TPSA) is 60.5 Å². The molecule has 122 valence electrons. The number of nitrogens with zero attached hydrogens (tertiary/aromatic N) is 1. The fourth-order valence-corrected chi connectivity index (χ4v) is 2.40. The maximum Gasteiger partial charge on any atom is 0.251 e. The standard InChI is InChI=1S/C17H19ClN2O3/c1-4-23-16-14(18)8-13(9-15(16)22-3)17(21)20-11(2)12-6-5-7-19-10-12/h5-11H,4H2,1-3H3,(H,20,21). The molecule has 6 heteroatoms. The zero-order valence-electron chi connectivity index (χ0n) is 13.3. The molecule has 23 heavy (non-hydrogen) atoms. The maximum atomic E-state index is 12.4. The van der Waals surface area contributed by atoms with E-state index in [0.29, 0.717) is 28.7 Å². The lowest BCUT2D eigenvalue weighted by molar-refractivity contribution is 0.0939. The predicted octanol–water partition coefficient (Wildman–Crippen LogP) is 3.63. The van der Waals surface area contributed by atoms with Crippen LogP contribution >= 0.6 is 11.6 Å². The minimum atomic E-state index is -0.246. The number of carbonyl (C=O) groups excluding carboxylic acids is 1. The van der Waals surface area contributed by atoms with Gasteiger partial charge in [-0.25, -0.2) is 0 Å². The Kier molecular flexibility index (Phi) is 5.82. The van der Waals surface area contributed by atoms with Crippen LogP contribution in [0, 0.1) is 0 Å². The summed E-state index contributed by atoms with van der Waals surface area (Å²) in [5.41, 5.74) is 1.33. The fraction of sp³-hybridized carbons (Fsp3) is 0.294. The third kappa shape index (κ3) is 4.13. The molecule has 1 unspecified atom stereocenters. The van der Waals surface area contributed by atoms with Gasteiger partial charge in [0.1, 0.15) is 0 Å². The van der Waals surface area contributed by atoms with Crippen LogP contribution in [0.15, 0.2) is 36.7 Å². The van der Waals surface area contributed by atoms with E-state index >= 15 is 0 Å². The number of amides is 1. The smallest absolute Gasteiger partial charge is 0.251 e. The van der Waals surface area contributed by atoms with Crippen LogP contribution in [0.4, 0.5) is 0 Å². The quantitative estimate of drug-likeness (QED) is 0.876. The molecule has 0 aliphatic carbocycles. The Hall–Kier alpha value is -2.27. The molecular weight excluding hydrogens is 316 g/mol. The maximum absolute atomic E-state index is 12.4. The fourth-order valence-electron chi connectivity index (χ4n) is 2.13. The molecule has 0 fully saturated rings. The van der Waals surface area contributed by atoms with Gasteiger partial charge in [-0.3, -0.25) is 9.78 Å². The summed E-state index contributed by atoms with van der Waals surface area (Å²) in [6.07, 6.45) is 3.41. The number of hydrogen-bond donors (Lipinski definition) is 1. The first-order chi connectivity index (χ1) is 11.1. The molecule has 0 aliphatic rings. The summed E-state index contributed by atoms with van der Waals surface area (Å²) in [6.45, 7) is 4.20. The van der Waals surface area contributed by atoms with E-state index in [1.165, 1.54) is 7.11 Å². The van der Waals surface area contributed by atoms with Crippen LogP contribution in [0.2, 0.25) is 5.02 Å². The average Bonchev–Trinajstić information content (AvgIpc) is 2.57. The molecule has 1 heterocycles. The van der Waals surface area contributed by atoms with Crippen LogP contribution in [0.5, 0.6) is 11.5 Å². The highest BCUT2D eigenvalue weighted by Gasteiger charge is 2.17. The summed E-state index contributed by atoms with van der Waals surface area (Å²) in [5, 5.41) is 3.25. The van der Waals surface area contributed by atoms with Crippen molar-refractivity contribution in [3.63, 3.8) is 0 Å². The highest BCUT2D eigenvalue weighted by molar-refractivity contribution is 6.32. The lowest BCUT2D eigenvalue weighted by Crippen LogP contribution is -2.26. The van der Waals surface area contributed by atoms with Crippen LogP contribution in [0.3, 0.4) is 0 Å². The molecule has 0 spiro atoms. The summed E-state index contributed by atoms with van der Waals surface area (Å²) in [5.74, 6) is 0.622. The van der Waals surface area contributed by atoms with E-state index in [0.717, 1.165) is 5.56 Å². The Morgan fingerprint density at radius 1 is 1.43 bits per heavy atom. The Labute approximate surface area is 140 Å². The van der Waals surface area contributed by atoms with Crippen molar-refractivity contribution in [2.45, 2.75) is 19.9 Å². The number of carbonyl (C=O) groups is 1. The second-order valence-corrected chi connectivity index (χ2v) is 5.31. The zero-order chi connectivity index (χ0) is 16.8. The van der Waals surface area contributed by atoms with E-state index in [4.69, 9.17) is 21.1 Å². The first kappa shape index (κ1) is 17.1. The number of halogens is 1. The molecule has 0 saturated heterocycles. The Morgan fingerprint density at radius 3 is 2.83 bits per heavy atom. The Bertz CT molecular complexity index is 677. The third-order valence-corrected chi connectivity index (χ3v) is 3.59. The van der Waals surface area contributed by atoms with E-state index in [1.807, 2.05) is 26.0 Å². The van der Waals surface area contributed by atoms with E-state index in [9.17, 15) is 4.79 Å². The highest BCUT2D eigenvalue weighted by Crippen LogP contribution is 2.36. The summed E-state index contributed by atoms with van der Waals surface area (Å²) < 4.78 is 10.7. The largest absolute Gasteiger partial charge is 0.493 e. The summed E-state index contributed by atoms with van der Waals surface area (Å²) in [4.78, 5) is 16.5. The minimum absolute atomic E-state index is 0.174. The molecule has 1 aromatic heterocycles. The van der Waals surface area contributed by atoms with Crippen molar-refractivity contribution < 1.29 is 14.3 Å². The molecule has 5 nitrogen and oxygen atoms in total. The number of nitrogens with one attached hydrogen (secondary N) is 1. The van der Waals surface area contributed by atoms with Crippen molar-refractivity contribution in [2.24, 2.45) is 0 Å². The van der Waals surface area contributed by atoms with Gasteiger partial charge in [-0.05, 0) is 37.6 Å². The van der Waals surface area contributed by atoms with Crippen LogP contribution in [0.25, 0.3) is 0 Å². The lowest BCUT2D eigenvalue weighted by Gasteiger charge is -2.16. The van der Waals surface area contributed by atoms with E-state index in [1.54, 1.807) is 24.5 Å². The number of ether oxygens (including phenoxy) is 2. The van der Waals surface area contributed by atoms with Crippen LogP contribution in [-0.2, 0) is 0 Å². The van der Waals surface area contributed by atoms with Gasteiger partial charge in [0.05, 0.1) is 24.8 Å². The second-order valence-electron chi connectivity index (χ2n) is 4.90. The van der Waals surface area contributed by atoms with E-state index < -0.39 is 0 Å². The summed E-state index contributed by atoms with van der Waals surface area (Å²) >= 11 is 6.19. The molecule has 2 rings (SSSR count). The van der Waals surface area contributed by atoms with Crippen LogP contribution in [0.1, 0.15) is 35.8 Å². The number of benzene rings is 1. The molecule has 0 radical (unpaired) electrons. The Morgan fingerprint density at radius 2 is 2.22 bits per heavy atom. The number of pyridine rings is 1. The van der Waals surface area contributed by atoms with Crippen molar-refractivity contribution >= 4 is 17.5 Å². The molecule has 0 saturated carbocycles. The molecule has 1 N–H and O–H groups in total. The van der Waals surface area contributed by atoms with Gasteiger partial charge in [0, 0.05) is 18.0 Å². The first-order valence-electron chi connectivity index (χ1n) is 7.28. The molecule has 0 bridgehead atoms. The number of methoxy groups -OCH3 is 1. The Balaban J connectivity index is 2.21. The summed E-state index contributed by atoms with van der Waals surface area (Å²) in [7, 11) is 1.51. The number of hydrogen-bond acceptors (Lipinski definition) is 4. The van der Waals surface area contributed by atoms with E-state index in [2.05, 4.69) is 10.3 Å². The highest BCUT2D eigenvalue weighted by atomic mass is 35.5. The number of aromatic nitrogens is 1. The van der Waals surface area contributed by atoms with Gasteiger partial charge in [0.25, 0.3) is 5.91 Å². The molecule has 0 aliphatic heterocycles. The van der Waals surface area contributed by atoms with Gasteiger partial charge < -0.3 is 14.8 Å². The third-order valence-electron chi connectivity index (χ3n) is 3.31. The van der Waals surface area contributed by atoms with Gasteiger partial charge in [0.2, 0.25) is 0 Å². The lowest BCUT2D eigenvalue weighted by atomic mass is 10.1. The predicted molar refractivity (Wildman–Crippen MR) is 89.3 cm³/mol. The van der Waals surface area contributed by atoms with Crippen molar-refractivity contribution in [3.8, 4) is 11.5 Å². The second kappa shape index (κ2) is 7.83. The molecule has 1 atom stereocenters. The van der Waals surface area contributed by atoms with Gasteiger partial charge in [-0.15, -0.1) is 0 Å². The average molecular weight is 335 g/mol. The van der Waals surface area contributed by atoms with Gasteiger partial charge >= 0.3 is 0 Å². The van der Waals surface area contributed by atoms with Crippen LogP contribution in [-0.4, -0.2) is 24.6 Å². The van der Waals surface area contributed by atoms with Gasteiger partial charge in [-0.2, -0.15) is 0 Å². The van der Waals surface area contributed by atoms with Crippen molar-refractivity contribution in [3.05, 3.63) is 52.8 Å². The van der Waals surface area contributed by atoms with Crippen LogP contribution < -0.4 is 14.8 Å². The first-order valence-corrected chi connectivity index (χ1v) is 7.65. The van der Waals surface area contributed by atoms with E-state index in [-0.39, 0.29) is 11.9 Å². The zero-order valence-corrected chi connectivity index (χ0v) is 14.1. The SMILES string of the molecule is CCOc1c(Cl)cc(C(=O)NC(C)c2cccnc2)cc1OC. The molecule has 1 amide bonds. The van der Waals surface area contributed by atoms with Crippen molar-refractivity contribution in [2.75, 3.05) is 13.7 Å². The monoisotopic (exact) mass is 334 g/mol. The molecular formula is C17H19ClN2O3.